The van der Waals surface area contributed by atoms with Crippen LogP contribution in [0.1, 0.15) is 26.7 Å². The zero-order valence-electron chi connectivity index (χ0n) is 11.5. The van der Waals surface area contributed by atoms with E-state index in [0.717, 1.165) is 25.9 Å². The number of carbonyl (C=O) groups is 1. The molecule has 0 unspecified atom stereocenters. The first-order valence-corrected chi connectivity index (χ1v) is 7.52. The Bertz CT molecular complexity index is 420. The monoisotopic (exact) mass is 284 g/mol. The van der Waals surface area contributed by atoms with Crippen molar-refractivity contribution in [3.05, 3.63) is 24.0 Å². The van der Waals surface area contributed by atoms with Gasteiger partial charge in [0, 0.05) is 23.7 Å². The Labute approximate surface area is 118 Å². The number of nitrogen functional groups attached to an aromatic ring is 1. The number of carbonyl (C=O) groups excluding carboxylic acids is 1. The minimum absolute atomic E-state index is 0.0601. The van der Waals surface area contributed by atoms with Gasteiger partial charge in [0.2, 0.25) is 5.91 Å². The molecule has 0 saturated heterocycles. The maximum absolute atomic E-state index is 13.6. The molecule has 1 aromatic rings. The third-order valence-electron chi connectivity index (χ3n) is 2.65. The second-order valence-corrected chi connectivity index (χ2v) is 5.38. The molecule has 0 radical (unpaired) electrons. The van der Waals surface area contributed by atoms with Crippen molar-refractivity contribution in [3.8, 4) is 0 Å². The molecule has 1 amide bonds. The van der Waals surface area contributed by atoms with Crippen molar-refractivity contribution in [3.63, 3.8) is 0 Å². The van der Waals surface area contributed by atoms with Crippen molar-refractivity contribution in [2.24, 2.45) is 0 Å². The summed E-state index contributed by atoms with van der Waals surface area (Å²) in [5, 5.41) is 0. The van der Waals surface area contributed by atoms with Gasteiger partial charge >= 0.3 is 0 Å². The van der Waals surface area contributed by atoms with Crippen LogP contribution in [0.25, 0.3) is 0 Å². The molecule has 0 bridgehead atoms. The largest absolute Gasteiger partial charge is 0.399 e. The van der Waals surface area contributed by atoms with Gasteiger partial charge < -0.3 is 10.6 Å². The van der Waals surface area contributed by atoms with Gasteiger partial charge in [0.05, 0.1) is 5.75 Å². The highest BCUT2D eigenvalue weighted by molar-refractivity contribution is 8.00. The smallest absolute Gasteiger partial charge is 0.232 e. The fourth-order valence-corrected chi connectivity index (χ4v) is 2.59. The Morgan fingerprint density at radius 1 is 1.32 bits per heavy atom. The fourth-order valence-electron chi connectivity index (χ4n) is 1.77. The molecule has 0 aliphatic rings. The predicted octanol–water partition coefficient (Wildman–Crippen LogP) is 3.15. The molecule has 0 atom stereocenters. The second kappa shape index (κ2) is 8.04. The SMILES string of the molecule is CCCN(CCC)C(=O)CSc1ccc(N)cc1F. The molecule has 0 aromatic heterocycles. The van der Waals surface area contributed by atoms with Crippen molar-refractivity contribution < 1.29 is 9.18 Å². The van der Waals surface area contributed by atoms with Gasteiger partial charge in [-0.05, 0) is 31.0 Å². The molecule has 3 nitrogen and oxygen atoms in total. The van der Waals surface area contributed by atoms with E-state index in [2.05, 4.69) is 0 Å². The van der Waals surface area contributed by atoms with Crippen LogP contribution < -0.4 is 5.73 Å². The van der Waals surface area contributed by atoms with Crippen LogP contribution in [0.4, 0.5) is 10.1 Å². The summed E-state index contributed by atoms with van der Waals surface area (Å²) in [6.45, 7) is 5.61. The van der Waals surface area contributed by atoms with Crippen LogP contribution in [0.3, 0.4) is 0 Å². The summed E-state index contributed by atoms with van der Waals surface area (Å²) in [6, 6.07) is 4.54. The summed E-state index contributed by atoms with van der Waals surface area (Å²) in [5.41, 5.74) is 5.88. The van der Waals surface area contributed by atoms with E-state index in [-0.39, 0.29) is 17.5 Å². The number of anilines is 1. The number of thioether (sulfide) groups is 1. The summed E-state index contributed by atoms with van der Waals surface area (Å²) in [6.07, 6.45) is 1.87. The minimum atomic E-state index is -0.365. The van der Waals surface area contributed by atoms with Crippen LogP contribution in [-0.2, 0) is 4.79 Å². The van der Waals surface area contributed by atoms with E-state index in [1.54, 1.807) is 12.1 Å². The Morgan fingerprint density at radius 2 is 1.95 bits per heavy atom. The third kappa shape index (κ3) is 5.11. The average molecular weight is 284 g/mol. The Morgan fingerprint density at radius 3 is 2.47 bits per heavy atom. The number of rotatable bonds is 7. The van der Waals surface area contributed by atoms with Gasteiger partial charge in [-0.3, -0.25) is 4.79 Å². The molecule has 1 aromatic carbocycles. The van der Waals surface area contributed by atoms with Gasteiger partial charge in [0.25, 0.3) is 0 Å². The van der Waals surface area contributed by atoms with E-state index in [4.69, 9.17) is 5.73 Å². The van der Waals surface area contributed by atoms with Crippen LogP contribution >= 0.6 is 11.8 Å². The number of halogens is 1. The number of nitrogens with zero attached hydrogens (tertiary/aromatic N) is 1. The molecule has 0 heterocycles. The van der Waals surface area contributed by atoms with Crippen molar-refractivity contribution in [2.45, 2.75) is 31.6 Å². The van der Waals surface area contributed by atoms with Gasteiger partial charge in [-0.15, -0.1) is 11.8 Å². The Kier molecular flexibility index (Phi) is 6.70. The first kappa shape index (κ1) is 15.8. The van der Waals surface area contributed by atoms with Crippen LogP contribution in [-0.4, -0.2) is 29.6 Å². The zero-order valence-corrected chi connectivity index (χ0v) is 12.3. The van der Waals surface area contributed by atoms with Gasteiger partial charge in [-0.1, -0.05) is 13.8 Å². The van der Waals surface area contributed by atoms with E-state index < -0.39 is 0 Å². The lowest BCUT2D eigenvalue weighted by atomic mass is 10.3. The first-order valence-electron chi connectivity index (χ1n) is 6.54. The Balaban J connectivity index is 2.56. The number of amides is 1. The van der Waals surface area contributed by atoms with E-state index in [1.807, 2.05) is 18.7 Å². The second-order valence-electron chi connectivity index (χ2n) is 4.36. The number of benzene rings is 1. The molecular weight excluding hydrogens is 263 g/mol. The lowest BCUT2D eigenvalue weighted by Crippen LogP contribution is -2.33. The molecule has 2 N–H and O–H groups in total. The van der Waals surface area contributed by atoms with Crippen LogP contribution in [0.15, 0.2) is 23.1 Å². The summed E-state index contributed by atoms with van der Waals surface area (Å²) in [4.78, 5) is 14.3. The van der Waals surface area contributed by atoms with E-state index >= 15 is 0 Å². The topological polar surface area (TPSA) is 46.3 Å². The van der Waals surface area contributed by atoms with Gasteiger partial charge in [0.1, 0.15) is 5.82 Å². The van der Waals surface area contributed by atoms with E-state index in [1.165, 1.54) is 17.8 Å². The summed E-state index contributed by atoms with van der Waals surface area (Å²) in [5.74, 6) is -0.0406. The molecule has 0 aliphatic carbocycles. The van der Waals surface area contributed by atoms with Gasteiger partial charge in [0.15, 0.2) is 0 Å². The Hall–Kier alpha value is -1.23. The number of hydrogen-bond donors (Lipinski definition) is 1. The van der Waals surface area contributed by atoms with Crippen LogP contribution in [0, 0.1) is 5.82 Å². The quantitative estimate of drug-likeness (QED) is 0.618. The van der Waals surface area contributed by atoms with Gasteiger partial charge in [-0.2, -0.15) is 0 Å². The first-order chi connectivity index (χ1) is 9.08. The fraction of sp³-hybridized carbons (Fsp3) is 0.500. The zero-order chi connectivity index (χ0) is 14.3. The third-order valence-corrected chi connectivity index (χ3v) is 3.68. The lowest BCUT2D eigenvalue weighted by Gasteiger charge is -2.21. The molecule has 5 heteroatoms. The highest BCUT2D eigenvalue weighted by atomic mass is 32.2. The van der Waals surface area contributed by atoms with Crippen LogP contribution in [0.5, 0.6) is 0 Å². The lowest BCUT2D eigenvalue weighted by molar-refractivity contribution is -0.128. The van der Waals surface area contributed by atoms with Crippen molar-refractivity contribution in [1.82, 2.24) is 4.90 Å². The van der Waals surface area contributed by atoms with E-state index in [9.17, 15) is 9.18 Å². The van der Waals surface area contributed by atoms with E-state index in [0.29, 0.717) is 10.6 Å². The maximum atomic E-state index is 13.6. The molecule has 0 fully saturated rings. The molecule has 0 saturated carbocycles. The molecule has 1 rings (SSSR count). The van der Waals surface area contributed by atoms with Gasteiger partial charge in [-0.25, -0.2) is 4.39 Å². The van der Waals surface area contributed by atoms with Crippen molar-refractivity contribution in [1.29, 1.82) is 0 Å². The molecule has 0 spiro atoms. The molecule has 106 valence electrons. The van der Waals surface area contributed by atoms with Crippen LogP contribution in [0.2, 0.25) is 0 Å². The summed E-state index contributed by atoms with van der Waals surface area (Å²) >= 11 is 1.22. The van der Waals surface area contributed by atoms with Crippen molar-refractivity contribution >= 4 is 23.4 Å². The normalized spacial score (nSPS) is 10.5. The van der Waals surface area contributed by atoms with Crippen molar-refractivity contribution in [2.75, 3.05) is 24.6 Å². The predicted molar refractivity (Wildman–Crippen MR) is 78.7 cm³/mol. The minimum Gasteiger partial charge on any atom is -0.399 e. The standard InChI is InChI=1S/C14H21FN2OS/c1-3-7-17(8-4-2)14(18)10-19-13-6-5-11(16)9-12(13)15/h5-6,9H,3-4,7-8,10,16H2,1-2H3. The summed E-state index contributed by atoms with van der Waals surface area (Å²) in [7, 11) is 0. The maximum Gasteiger partial charge on any atom is 0.232 e. The average Bonchev–Trinajstić information content (AvgIpc) is 2.37. The number of hydrogen-bond acceptors (Lipinski definition) is 3. The molecule has 0 aliphatic heterocycles. The molecule has 19 heavy (non-hydrogen) atoms. The number of nitrogens with two attached hydrogens (primary N) is 1. The summed E-state index contributed by atoms with van der Waals surface area (Å²) < 4.78 is 13.6. The molecular formula is C14H21FN2OS. The highest BCUT2D eigenvalue weighted by Gasteiger charge is 2.13. The highest BCUT2D eigenvalue weighted by Crippen LogP contribution is 2.23.